The van der Waals surface area contributed by atoms with Crippen molar-refractivity contribution >= 4 is 16.0 Å². The number of ether oxygens (including phenoxy) is 2. The van der Waals surface area contributed by atoms with Crippen molar-refractivity contribution in [3.63, 3.8) is 0 Å². The number of benzene rings is 1. The van der Waals surface area contributed by atoms with E-state index in [4.69, 9.17) is 14.5 Å². The molecule has 0 amide bonds. The third kappa shape index (κ3) is 7.32. The van der Waals surface area contributed by atoms with E-state index in [0.29, 0.717) is 40.1 Å². The molecule has 9 nitrogen and oxygen atoms in total. The van der Waals surface area contributed by atoms with Crippen LogP contribution < -0.4 is 14.4 Å². The molecule has 0 saturated carbocycles. The van der Waals surface area contributed by atoms with Gasteiger partial charge in [0.25, 0.3) is 0 Å². The number of methoxy groups -OCH3 is 1. The van der Waals surface area contributed by atoms with Crippen LogP contribution in [0.4, 0.5) is 5.95 Å². The van der Waals surface area contributed by atoms with Crippen LogP contribution in [-0.2, 0) is 10.0 Å². The number of nitrogens with zero attached hydrogens (tertiary/aromatic N) is 5. The van der Waals surface area contributed by atoms with Crippen molar-refractivity contribution in [2.24, 2.45) is 5.92 Å². The second-order valence-electron chi connectivity index (χ2n) is 12.0. The summed E-state index contributed by atoms with van der Waals surface area (Å²) in [5.74, 6) is 2.64. The van der Waals surface area contributed by atoms with Crippen LogP contribution >= 0.6 is 0 Å². The molecule has 1 aromatic heterocycles. The minimum absolute atomic E-state index is 0.247. The maximum Gasteiger partial charge on any atom is 0.243 e. The molecule has 0 aliphatic carbocycles. The van der Waals surface area contributed by atoms with Crippen LogP contribution in [0, 0.1) is 19.8 Å². The first kappa shape index (κ1) is 30.0. The van der Waals surface area contributed by atoms with Crippen LogP contribution in [0.25, 0.3) is 0 Å². The first-order chi connectivity index (χ1) is 19.8. The number of likely N-dealkylation sites (tertiary alicyclic amines) is 1. The summed E-state index contributed by atoms with van der Waals surface area (Å²) in [6, 6.07) is 5.10. The Morgan fingerprint density at radius 1 is 0.927 bits per heavy atom. The Morgan fingerprint density at radius 2 is 1.63 bits per heavy atom. The number of aromatic nitrogens is 2. The van der Waals surface area contributed by atoms with E-state index in [1.165, 1.54) is 58.2 Å². The van der Waals surface area contributed by atoms with Gasteiger partial charge in [0.05, 0.1) is 18.0 Å². The topological polar surface area (TPSA) is 88.1 Å². The van der Waals surface area contributed by atoms with Crippen molar-refractivity contribution in [1.82, 2.24) is 19.2 Å². The number of sulfonamides is 1. The highest BCUT2D eigenvalue weighted by Gasteiger charge is 2.36. The predicted octanol–water partition coefficient (Wildman–Crippen LogP) is 4.82. The highest BCUT2D eigenvalue weighted by Crippen LogP contribution is 2.32. The fourth-order valence-electron chi connectivity index (χ4n) is 6.73. The van der Waals surface area contributed by atoms with Gasteiger partial charge in [0.15, 0.2) is 0 Å². The molecule has 3 aliphatic heterocycles. The lowest BCUT2D eigenvalue weighted by Crippen LogP contribution is -2.47. The molecule has 1 unspecified atom stereocenters. The molecular weight excluding hydrogens is 538 g/mol. The summed E-state index contributed by atoms with van der Waals surface area (Å²) in [7, 11) is -2.10. The van der Waals surface area contributed by atoms with Crippen molar-refractivity contribution in [3.05, 3.63) is 35.5 Å². The van der Waals surface area contributed by atoms with Gasteiger partial charge in [0, 0.05) is 31.9 Å². The predicted molar refractivity (Wildman–Crippen MR) is 161 cm³/mol. The van der Waals surface area contributed by atoms with Crippen molar-refractivity contribution in [2.75, 3.05) is 57.9 Å². The number of hydrogen-bond acceptors (Lipinski definition) is 8. The zero-order chi connectivity index (χ0) is 28.8. The van der Waals surface area contributed by atoms with Gasteiger partial charge < -0.3 is 19.3 Å². The van der Waals surface area contributed by atoms with E-state index in [9.17, 15) is 8.42 Å². The Morgan fingerprint density at radius 3 is 2.34 bits per heavy atom. The van der Waals surface area contributed by atoms with Gasteiger partial charge in [0.2, 0.25) is 21.9 Å². The zero-order valence-electron chi connectivity index (χ0n) is 25.1. The Hall–Kier alpha value is -2.43. The van der Waals surface area contributed by atoms with E-state index in [1.807, 2.05) is 13.8 Å². The lowest BCUT2D eigenvalue weighted by molar-refractivity contribution is 0.165. The molecule has 3 saturated heterocycles. The summed E-state index contributed by atoms with van der Waals surface area (Å²) in [6.45, 7) is 10.1. The lowest BCUT2D eigenvalue weighted by Gasteiger charge is -2.35. The van der Waals surface area contributed by atoms with Crippen LogP contribution in [0.5, 0.6) is 11.6 Å². The van der Waals surface area contributed by atoms with Crippen LogP contribution in [0.1, 0.15) is 68.9 Å². The second kappa shape index (κ2) is 13.7. The van der Waals surface area contributed by atoms with E-state index in [2.05, 4.69) is 14.8 Å². The number of anilines is 1. The van der Waals surface area contributed by atoms with E-state index in [1.54, 1.807) is 35.8 Å². The van der Waals surface area contributed by atoms with Gasteiger partial charge in [-0.3, -0.25) is 0 Å². The average molecular weight is 586 g/mol. The smallest absolute Gasteiger partial charge is 0.243 e. The van der Waals surface area contributed by atoms with Gasteiger partial charge >= 0.3 is 0 Å². The summed E-state index contributed by atoms with van der Waals surface area (Å²) in [5, 5.41) is 0. The lowest BCUT2D eigenvalue weighted by atomic mass is 9.93. The molecule has 5 rings (SSSR count). The Labute approximate surface area is 246 Å². The third-order valence-electron chi connectivity index (χ3n) is 9.05. The normalized spacial score (nSPS) is 21.6. The fourth-order valence-corrected chi connectivity index (χ4v) is 8.82. The van der Waals surface area contributed by atoms with Crippen molar-refractivity contribution < 1.29 is 17.9 Å². The number of hydrogen-bond donors (Lipinski definition) is 0. The van der Waals surface area contributed by atoms with Gasteiger partial charge in [-0.15, -0.1) is 0 Å². The molecule has 3 fully saturated rings. The first-order valence-electron chi connectivity index (χ1n) is 15.5. The molecule has 2 aromatic rings. The van der Waals surface area contributed by atoms with Gasteiger partial charge in [-0.25, -0.2) is 13.4 Å². The molecule has 1 atom stereocenters. The molecule has 0 radical (unpaired) electrons. The van der Waals surface area contributed by atoms with Gasteiger partial charge in [0.1, 0.15) is 12.4 Å². The van der Waals surface area contributed by atoms with E-state index in [0.717, 1.165) is 38.3 Å². The molecule has 10 heteroatoms. The highest BCUT2D eigenvalue weighted by molar-refractivity contribution is 7.89. The molecule has 1 aromatic carbocycles. The summed E-state index contributed by atoms with van der Waals surface area (Å²) in [6.07, 6.45) is 12.0. The molecule has 4 heterocycles. The summed E-state index contributed by atoms with van der Waals surface area (Å²) in [5.41, 5.74) is 1.39. The molecule has 3 aliphatic rings. The van der Waals surface area contributed by atoms with Gasteiger partial charge in [-0.2, -0.15) is 9.29 Å². The summed E-state index contributed by atoms with van der Waals surface area (Å²) < 4.78 is 40.9. The molecule has 0 bridgehead atoms. The molecule has 0 N–H and O–H groups in total. The minimum atomic E-state index is -3.69. The van der Waals surface area contributed by atoms with E-state index < -0.39 is 10.0 Å². The zero-order valence-corrected chi connectivity index (χ0v) is 25.9. The van der Waals surface area contributed by atoms with Crippen molar-refractivity contribution in [3.8, 4) is 11.6 Å². The second-order valence-corrected chi connectivity index (χ2v) is 13.8. The average Bonchev–Trinajstić information content (AvgIpc) is 2.99. The van der Waals surface area contributed by atoms with Crippen molar-refractivity contribution in [2.45, 2.75) is 82.6 Å². The Balaban J connectivity index is 1.18. The minimum Gasteiger partial charge on any atom is -0.497 e. The Kier molecular flexibility index (Phi) is 10.0. The van der Waals surface area contributed by atoms with Crippen LogP contribution in [0.3, 0.4) is 0 Å². The Bertz CT molecular complexity index is 1240. The molecule has 226 valence electrons. The number of aryl methyl sites for hydroxylation is 2. The highest BCUT2D eigenvalue weighted by atomic mass is 32.2. The number of piperidine rings is 3. The fraction of sp³-hybridized carbons (Fsp3) is 0.677. The number of rotatable bonds is 10. The van der Waals surface area contributed by atoms with Crippen LogP contribution in [0.15, 0.2) is 29.3 Å². The molecular formula is C31H47N5O4S. The van der Waals surface area contributed by atoms with Crippen molar-refractivity contribution in [1.29, 1.82) is 0 Å². The summed E-state index contributed by atoms with van der Waals surface area (Å²) >= 11 is 0. The van der Waals surface area contributed by atoms with E-state index in [-0.39, 0.29) is 12.6 Å². The van der Waals surface area contributed by atoms with Crippen LogP contribution in [0.2, 0.25) is 0 Å². The van der Waals surface area contributed by atoms with E-state index >= 15 is 0 Å². The molecule has 0 spiro atoms. The van der Waals surface area contributed by atoms with Crippen LogP contribution in [-0.4, -0.2) is 86.6 Å². The maximum absolute atomic E-state index is 13.9. The first-order valence-corrected chi connectivity index (χ1v) is 16.9. The monoisotopic (exact) mass is 585 g/mol. The third-order valence-corrected chi connectivity index (χ3v) is 11.3. The van der Waals surface area contributed by atoms with Gasteiger partial charge in [-0.05, 0) is 108 Å². The van der Waals surface area contributed by atoms with Gasteiger partial charge in [-0.1, -0.05) is 12.8 Å². The summed E-state index contributed by atoms with van der Waals surface area (Å²) in [4.78, 5) is 14.5. The quantitative estimate of drug-likeness (QED) is 0.392. The standard InChI is InChI=1S/C31H47N5O4S/c1-24-21-28(39-3)22-25(2)30(24)41(37,38)36-17-8-5-9-27(36)23-40-29-10-14-32-31(33-29)35-19-12-26(13-20-35)11-18-34-15-6-4-7-16-34/h10,14,21-22,26-27H,4-9,11-13,15-20,23H2,1-3H3. The maximum atomic E-state index is 13.9. The SMILES string of the molecule is COc1cc(C)c(S(=O)(=O)N2CCCCC2COc2ccnc(N3CCC(CCN4CCCCC4)CC3)n2)c(C)c1. The largest absolute Gasteiger partial charge is 0.497 e. The molecule has 41 heavy (non-hydrogen) atoms.